The van der Waals surface area contributed by atoms with Gasteiger partial charge in [0.25, 0.3) is 0 Å². The van der Waals surface area contributed by atoms with Gasteiger partial charge >= 0.3 is 0 Å². The van der Waals surface area contributed by atoms with Gasteiger partial charge in [0, 0.05) is 19.0 Å². The second-order valence-corrected chi connectivity index (χ2v) is 5.05. The fourth-order valence-electron chi connectivity index (χ4n) is 1.99. The van der Waals surface area contributed by atoms with Crippen molar-refractivity contribution in [1.29, 1.82) is 0 Å². The lowest BCUT2D eigenvalue weighted by atomic mass is 10.1. The summed E-state index contributed by atoms with van der Waals surface area (Å²) in [4.78, 5) is 0. The van der Waals surface area contributed by atoms with Crippen molar-refractivity contribution >= 4 is 0 Å². The number of fused-ring (bicyclic) bond motifs is 1. The van der Waals surface area contributed by atoms with E-state index in [1.54, 1.807) is 0 Å². The Morgan fingerprint density at radius 3 is 2.81 bits per heavy atom. The van der Waals surface area contributed by atoms with Crippen molar-refractivity contribution in [2.24, 2.45) is 5.92 Å². The minimum Gasteiger partial charge on any atom is -0.314 e. The maximum absolute atomic E-state index is 4.28. The van der Waals surface area contributed by atoms with Gasteiger partial charge in [0.2, 0.25) is 0 Å². The first kappa shape index (κ1) is 11.6. The molecule has 2 rings (SSSR count). The van der Waals surface area contributed by atoms with Gasteiger partial charge in [-0.3, -0.25) is 0 Å². The molecule has 1 aromatic heterocycles. The summed E-state index contributed by atoms with van der Waals surface area (Å²) in [5.74, 6) is 2.92. The number of rotatable bonds is 4. The second-order valence-electron chi connectivity index (χ2n) is 5.05. The third kappa shape index (κ3) is 2.43. The molecule has 1 atom stereocenters. The third-order valence-electron chi connectivity index (χ3n) is 3.52. The Balaban J connectivity index is 1.97. The summed E-state index contributed by atoms with van der Waals surface area (Å²) in [7, 11) is 0. The molecule has 0 aromatic carbocycles. The summed E-state index contributed by atoms with van der Waals surface area (Å²) in [6, 6.07) is 0.525. The van der Waals surface area contributed by atoms with Crippen molar-refractivity contribution < 1.29 is 0 Å². The van der Waals surface area contributed by atoms with Crippen LogP contribution in [0.5, 0.6) is 0 Å². The minimum absolute atomic E-state index is 0.525. The molecule has 0 spiro atoms. The first-order valence-electron chi connectivity index (χ1n) is 6.33. The SMILES string of the molecule is CC(C)C(C)NCc1nnc2n1CCCC2. The van der Waals surface area contributed by atoms with E-state index in [-0.39, 0.29) is 0 Å². The number of nitrogens with zero attached hydrogens (tertiary/aromatic N) is 3. The minimum atomic E-state index is 0.525. The van der Waals surface area contributed by atoms with E-state index in [2.05, 4.69) is 40.9 Å². The zero-order valence-electron chi connectivity index (χ0n) is 10.5. The molecule has 1 aromatic rings. The lowest BCUT2D eigenvalue weighted by Crippen LogP contribution is -2.31. The number of hydrogen-bond donors (Lipinski definition) is 1. The van der Waals surface area contributed by atoms with Crippen molar-refractivity contribution in [3.05, 3.63) is 11.6 Å². The van der Waals surface area contributed by atoms with Gasteiger partial charge < -0.3 is 9.88 Å². The van der Waals surface area contributed by atoms with Crippen molar-refractivity contribution in [2.75, 3.05) is 0 Å². The molecule has 0 fully saturated rings. The van der Waals surface area contributed by atoms with Gasteiger partial charge in [-0.2, -0.15) is 0 Å². The molecular formula is C12H22N4. The van der Waals surface area contributed by atoms with Gasteiger partial charge in [-0.1, -0.05) is 13.8 Å². The third-order valence-corrected chi connectivity index (χ3v) is 3.52. The van der Waals surface area contributed by atoms with E-state index in [4.69, 9.17) is 0 Å². The predicted molar refractivity (Wildman–Crippen MR) is 64.1 cm³/mol. The van der Waals surface area contributed by atoms with Crippen LogP contribution in [0, 0.1) is 5.92 Å². The molecule has 1 aliphatic heterocycles. The first-order valence-corrected chi connectivity index (χ1v) is 6.33. The Hall–Kier alpha value is -0.900. The Labute approximate surface area is 97.5 Å². The smallest absolute Gasteiger partial charge is 0.147 e. The van der Waals surface area contributed by atoms with Gasteiger partial charge in [-0.15, -0.1) is 10.2 Å². The zero-order valence-corrected chi connectivity index (χ0v) is 10.5. The Morgan fingerprint density at radius 2 is 2.06 bits per heavy atom. The normalized spacial score (nSPS) is 17.5. The molecule has 1 N–H and O–H groups in total. The fourth-order valence-corrected chi connectivity index (χ4v) is 1.99. The van der Waals surface area contributed by atoms with E-state index in [0.29, 0.717) is 12.0 Å². The molecule has 4 nitrogen and oxygen atoms in total. The number of hydrogen-bond acceptors (Lipinski definition) is 3. The van der Waals surface area contributed by atoms with Crippen LogP contribution in [0.1, 0.15) is 45.3 Å². The van der Waals surface area contributed by atoms with Crippen molar-refractivity contribution in [3.8, 4) is 0 Å². The Bertz CT molecular complexity index is 343. The number of aromatic nitrogens is 3. The average molecular weight is 222 g/mol. The van der Waals surface area contributed by atoms with Crippen LogP contribution in [0.25, 0.3) is 0 Å². The topological polar surface area (TPSA) is 42.7 Å². The molecule has 0 saturated heterocycles. The Morgan fingerprint density at radius 1 is 1.25 bits per heavy atom. The van der Waals surface area contributed by atoms with Crippen molar-refractivity contribution in [3.63, 3.8) is 0 Å². The monoisotopic (exact) mass is 222 g/mol. The van der Waals surface area contributed by atoms with Crippen molar-refractivity contribution in [2.45, 2.75) is 59.2 Å². The van der Waals surface area contributed by atoms with E-state index in [0.717, 1.165) is 25.3 Å². The van der Waals surface area contributed by atoms with E-state index >= 15 is 0 Å². The highest BCUT2D eigenvalue weighted by Gasteiger charge is 2.16. The van der Waals surface area contributed by atoms with Gasteiger partial charge in [0.1, 0.15) is 11.6 Å². The lowest BCUT2D eigenvalue weighted by molar-refractivity contribution is 0.411. The first-order chi connectivity index (χ1) is 7.68. The summed E-state index contributed by atoms with van der Waals surface area (Å²) in [5, 5.41) is 12.0. The van der Waals surface area contributed by atoms with E-state index in [1.165, 1.54) is 18.7 Å². The molecule has 90 valence electrons. The highest BCUT2D eigenvalue weighted by Crippen LogP contribution is 2.14. The molecule has 4 heteroatoms. The maximum atomic E-state index is 4.28. The maximum Gasteiger partial charge on any atom is 0.147 e. The van der Waals surface area contributed by atoms with Crippen LogP contribution in [0.2, 0.25) is 0 Å². The quantitative estimate of drug-likeness (QED) is 0.844. The second kappa shape index (κ2) is 4.95. The molecular weight excluding hydrogens is 200 g/mol. The van der Waals surface area contributed by atoms with Gasteiger partial charge in [0.15, 0.2) is 0 Å². The predicted octanol–water partition coefficient (Wildman–Crippen LogP) is 1.75. The standard InChI is InChI=1S/C12H22N4/c1-9(2)10(3)13-8-12-15-14-11-6-4-5-7-16(11)12/h9-10,13H,4-8H2,1-3H3. The van der Waals surface area contributed by atoms with Crippen LogP contribution in [0.3, 0.4) is 0 Å². The van der Waals surface area contributed by atoms with E-state index in [1.807, 2.05) is 0 Å². The molecule has 1 unspecified atom stereocenters. The summed E-state index contributed by atoms with van der Waals surface area (Å²) in [5.41, 5.74) is 0. The lowest BCUT2D eigenvalue weighted by Gasteiger charge is -2.19. The molecule has 0 radical (unpaired) electrons. The highest BCUT2D eigenvalue weighted by molar-refractivity contribution is 4.98. The van der Waals surface area contributed by atoms with Crippen LogP contribution >= 0.6 is 0 Å². The van der Waals surface area contributed by atoms with Crippen LogP contribution in [0.4, 0.5) is 0 Å². The summed E-state index contributed by atoms with van der Waals surface area (Å²) in [6.45, 7) is 8.62. The van der Waals surface area contributed by atoms with E-state index < -0.39 is 0 Å². The molecule has 2 heterocycles. The summed E-state index contributed by atoms with van der Waals surface area (Å²) in [6.07, 6.45) is 3.61. The Kier molecular flexibility index (Phi) is 3.59. The molecule has 0 amide bonds. The van der Waals surface area contributed by atoms with Crippen LogP contribution < -0.4 is 5.32 Å². The molecule has 1 aliphatic rings. The van der Waals surface area contributed by atoms with Crippen molar-refractivity contribution in [1.82, 2.24) is 20.1 Å². The summed E-state index contributed by atoms with van der Waals surface area (Å²) < 4.78 is 2.28. The number of aryl methyl sites for hydroxylation is 1. The van der Waals surface area contributed by atoms with Crippen LogP contribution in [0.15, 0.2) is 0 Å². The summed E-state index contributed by atoms with van der Waals surface area (Å²) >= 11 is 0. The zero-order chi connectivity index (χ0) is 11.5. The number of nitrogens with one attached hydrogen (secondary N) is 1. The largest absolute Gasteiger partial charge is 0.314 e. The molecule has 16 heavy (non-hydrogen) atoms. The highest BCUT2D eigenvalue weighted by atomic mass is 15.3. The van der Waals surface area contributed by atoms with Gasteiger partial charge in [-0.25, -0.2) is 0 Å². The molecule has 0 bridgehead atoms. The van der Waals surface area contributed by atoms with Crippen LogP contribution in [-0.4, -0.2) is 20.8 Å². The van der Waals surface area contributed by atoms with Gasteiger partial charge in [0.05, 0.1) is 6.54 Å². The average Bonchev–Trinajstić information content (AvgIpc) is 2.69. The van der Waals surface area contributed by atoms with Crippen LogP contribution in [-0.2, 0) is 19.5 Å². The molecule has 0 saturated carbocycles. The van der Waals surface area contributed by atoms with E-state index in [9.17, 15) is 0 Å². The van der Waals surface area contributed by atoms with Gasteiger partial charge in [-0.05, 0) is 25.7 Å². The molecule has 0 aliphatic carbocycles. The fraction of sp³-hybridized carbons (Fsp3) is 0.833.